The van der Waals surface area contributed by atoms with E-state index >= 15 is 0 Å². The lowest BCUT2D eigenvalue weighted by molar-refractivity contribution is 0.0954. The molecule has 1 heterocycles. The Morgan fingerprint density at radius 3 is 2.48 bits per heavy atom. The number of benzene rings is 2. The van der Waals surface area contributed by atoms with Crippen molar-refractivity contribution >= 4 is 28.1 Å². The smallest absolute Gasteiger partial charge is 0.271 e. The van der Waals surface area contributed by atoms with Crippen LogP contribution in [0.5, 0.6) is 11.5 Å². The molecule has 0 radical (unpaired) electrons. The summed E-state index contributed by atoms with van der Waals surface area (Å²) >= 11 is 3.60. The van der Waals surface area contributed by atoms with Gasteiger partial charge in [-0.3, -0.25) is 4.79 Å². The second-order valence-corrected chi connectivity index (χ2v) is 7.24. The van der Waals surface area contributed by atoms with Crippen LogP contribution in [0, 0.1) is 13.8 Å². The number of aromatic nitrogens is 1. The molecule has 0 spiro atoms. The Kier molecular flexibility index (Phi) is 6.39. The number of hydrazone groups is 1. The molecule has 1 aromatic heterocycles. The molecular weight excluding hydrogens is 434 g/mol. The number of hydrogen-bond donors (Lipinski definition) is 1. The van der Waals surface area contributed by atoms with Gasteiger partial charge in [-0.15, -0.1) is 0 Å². The fourth-order valence-electron chi connectivity index (χ4n) is 3.12. The predicted molar refractivity (Wildman–Crippen MR) is 118 cm³/mol. The zero-order valence-corrected chi connectivity index (χ0v) is 18.3. The number of rotatable bonds is 6. The molecule has 7 heteroatoms. The molecule has 0 fully saturated rings. The van der Waals surface area contributed by atoms with Gasteiger partial charge in [0.05, 0.1) is 26.1 Å². The number of carbonyl (C=O) groups excluding carboxylic acids is 1. The van der Waals surface area contributed by atoms with Crippen molar-refractivity contribution in [2.75, 3.05) is 14.2 Å². The third kappa shape index (κ3) is 4.35. The van der Waals surface area contributed by atoms with Crippen LogP contribution in [0.25, 0.3) is 5.69 Å². The summed E-state index contributed by atoms with van der Waals surface area (Å²) < 4.78 is 13.6. The standard InChI is InChI=1S/C22H22BrN3O3/c1-14-11-17(15(2)26(14)19-8-6-5-7-18(19)23)13-24-25-22(27)16-9-10-20(28-3)21(12-16)29-4/h5-13H,1-4H3,(H,25,27)/b24-13-. The first-order valence-electron chi connectivity index (χ1n) is 8.95. The molecule has 0 atom stereocenters. The van der Waals surface area contributed by atoms with Crippen LogP contribution in [-0.4, -0.2) is 30.9 Å². The van der Waals surface area contributed by atoms with Crippen LogP contribution in [0.3, 0.4) is 0 Å². The van der Waals surface area contributed by atoms with Gasteiger partial charge < -0.3 is 14.0 Å². The number of methoxy groups -OCH3 is 2. The van der Waals surface area contributed by atoms with Crippen LogP contribution in [0.4, 0.5) is 0 Å². The molecule has 0 aliphatic rings. The van der Waals surface area contributed by atoms with Crippen molar-refractivity contribution in [1.82, 2.24) is 9.99 Å². The largest absolute Gasteiger partial charge is 0.493 e. The van der Waals surface area contributed by atoms with Crippen LogP contribution in [0.15, 0.2) is 58.1 Å². The van der Waals surface area contributed by atoms with E-state index in [1.807, 2.05) is 44.2 Å². The predicted octanol–water partition coefficient (Wildman–Crippen LogP) is 4.64. The number of hydrogen-bond acceptors (Lipinski definition) is 4. The lowest BCUT2D eigenvalue weighted by atomic mass is 10.2. The van der Waals surface area contributed by atoms with E-state index in [1.54, 1.807) is 31.5 Å². The van der Waals surface area contributed by atoms with Gasteiger partial charge in [0.15, 0.2) is 11.5 Å². The van der Waals surface area contributed by atoms with Crippen molar-refractivity contribution in [2.24, 2.45) is 5.10 Å². The minimum absolute atomic E-state index is 0.332. The maximum atomic E-state index is 12.4. The highest BCUT2D eigenvalue weighted by atomic mass is 79.9. The average Bonchev–Trinajstić information content (AvgIpc) is 3.01. The molecule has 29 heavy (non-hydrogen) atoms. The lowest BCUT2D eigenvalue weighted by Crippen LogP contribution is -2.17. The van der Waals surface area contributed by atoms with Gasteiger partial charge in [-0.05, 0) is 66.2 Å². The molecule has 150 valence electrons. The van der Waals surface area contributed by atoms with E-state index in [4.69, 9.17) is 9.47 Å². The third-order valence-corrected chi connectivity index (χ3v) is 5.25. The van der Waals surface area contributed by atoms with E-state index in [1.165, 1.54) is 7.11 Å². The Balaban J connectivity index is 1.78. The van der Waals surface area contributed by atoms with Crippen LogP contribution in [-0.2, 0) is 0 Å². The zero-order chi connectivity index (χ0) is 21.0. The van der Waals surface area contributed by atoms with Crippen molar-refractivity contribution < 1.29 is 14.3 Å². The van der Waals surface area contributed by atoms with Crippen molar-refractivity contribution in [1.29, 1.82) is 0 Å². The Morgan fingerprint density at radius 2 is 1.79 bits per heavy atom. The first-order chi connectivity index (χ1) is 14.0. The highest BCUT2D eigenvalue weighted by Gasteiger charge is 2.12. The van der Waals surface area contributed by atoms with Gasteiger partial charge in [0.1, 0.15) is 0 Å². The van der Waals surface area contributed by atoms with E-state index in [0.717, 1.165) is 27.1 Å². The number of amides is 1. The molecule has 0 saturated heterocycles. The van der Waals surface area contributed by atoms with Gasteiger partial charge >= 0.3 is 0 Å². The quantitative estimate of drug-likeness (QED) is 0.434. The Morgan fingerprint density at radius 1 is 1.07 bits per heavy atom. The number of aryl methyl sites for hydroxylation is 1. The molecular formula is C22H22BrN3O3. The van der Waals surface area contributed by atoms with Crippen molar-refractivity contribution in [3.8, 4) is 17.2 Å². The SMILES string of the molecule is COc1ccc(C(=O)N/N=C\c2cc(C)n(-c3ccccc3Br)c2C)cc1OC. The second-order valence-electron chi connectivity index (χ2n) is 6.38. The number of ether oxygens (including phenoxy) is 2. The second kappa shape index (κ2) is 8.96. The monoisotopic (exact) mass is 455 g/mol. The summed E-state index contributed by atoms with van der Waals surface area (Å²) in [4.78, 5) is 12.4. The fraction of sp³-hybridized carbons (Fsp3) is 0.182. The molecule has 2 aromatic carbocycles. The van der Waals surface area contributed by atoms with Crippen molar-refractivity contribution in [3.63, 3.8) is 0 Å². The van der Waals surface area contributed by atoms with Gasteiger partial charge in [-0.1, -0.05) is 12.1 Å². The average molecular weight is 456 g/mol. The van der Waals surface area contributed by atoms with Gasteiger partial charge in [-0.25, -0.2) is 5.43 Å². The summed E-state index contributed by atoms with van der Waals surface area (Å²) in [6.07, 6.45) is 1.65. The highest BCUT2D eigenvalue weighted by Crippen LogP contribution is 2.28. The normalized spacial score (nSPS) is 10.9. The molecule has 3 aromatic rings. The number of nitrogens with zero attached hydrogens (tertiary/aromatic N) is 2. The van der Waals surface area contributed by atoms with Crippen LogP contribution < -0.4 is 14.9 Å². The Labute approximate surface area is 178 Å². The molecule has 0 saturated carbocycles. The van der Waals surface area contributed by atoms with Gasteiger partial charge in [0.2, 0.25) is 0 Å². The molecule has 0 aliphatic heterocycles. The molecule has 0 bridgehead atoms. The first-order valence-corrected chi connectivity index (χ1v) is 9.74. The molecule has 1 amide bonds. The number of nitrogens with one attached hydrogen (secondary N) is 1. The molecule has 6 nitrogen and oxygen atoms in total. The van der Waals surface area contributed by atoms with Gasteiger partial charge in [0, 0.05) is 27.0 Å². The molecule has 0 aliphatic carbocycles. The number of halogens is 1. The summed E-state index contributed by atoms with van der Waals surface area (Å²) in [7, 11) is 3.07. The Bertz CT molecular complexity index is 1070. The Hall–Kier alpha value is -3.06. The molecule has 0 unspecified atom stereocenters. The summed E-state index contributed by atoms with van der Waals surface area (Å²) in [5, 5.41) is 4.13. The fourth-order valence-corrected chi connectivity index (χ4v) is 3.59. The van der Waals surface area contributed by atoms with E-state index < -0.39 is 0 Å². The van der Waals surface area contributed by atoms with E-state index in [0.29, 0.717) is 17.1 Å². The highest BCUT2D eigenvalue weighted by molar-refractivity contribution is 9.10. The van der Waals surface area contributed by atoms with E-state index in [9.17, 15) is 4.79 Å². The lowest BCUT2D eigenvalue weighted by Gasteiger charge is -2.11. The summed E-state index contributed by atoms with van der Waals surface area (Å²) in [6, 6.07) is 15.0. The van der Waals surface area contributed by atoms with Crippen molar-refractivity contribution in [2.45, 2.75) is 13.8 Å². The van der Waals surface area contributed by atoms with Crippen LogP contribution in [0.1, 0.15) is 27.3 Å². The molecule has 3 rings (SSSR count). The maximum Gasteiger partial charge on any atom is 0.271 e. The van der Waals surface area contributed by atoms with Gasteiger partial charge in [-0.2, -0.15) is 5.10 Å². The number of para-hydroxylation sites is 1. The topological polar surface area (TPSA) is 64.8 Å². The van der Waals surface area contributed by atoms with Crippen LogP contribution in [0.2, 0.25) is 0 Å². The van der Waals surface area contributed by atoms with E-state index in [2.05, 4.69) is 31.0 Å². The van der Waals surface area contributed by atoms with Gasteiger partial charge in [0.25, 0.3) is 5.91 Å². The minimum atomic E-state index is -0.332. The van der Waals surface area contributed by atoms with Crippen molar-refractivity contribution in [3.05, 3.63) is 75.5 Å². The van der Waals surface area contributed by atoms with E-state index in [-0.39, 0.29) is 5.91 Å². The number of carbonyl (C=O) groups is 1. The third-order valence-electron chi connectivity index (χ3n) is 4.58. The van der Waals surface area contributed by atoms with Crippen LogP contribution >= 0.6 is 15.9 Å². The summed E-state index contributed by atoms with van der Waals surface area (Å²) in [6.45, 7) is 4.05. The minimum Gasteiger partial charge on any atom is -0.493 e. The maximum absolute atomic E-state index is 12.4. The summed E-state index contributed by atoms with van der Waals surface area (Å²) in [5.74, 6) is 0.718. The zero-order valence-electron chi connectivity index (χ0n) is 16.7. The first kappa shape index (κ1) is 20.7. The summed E-state index contributed by atoms with van der Waals surface area (Å²) in [5.41, 5.74) is 7.06. The molecule has 1 N–H and O–H groups in total.